The lowest BCUT2D eigenvalue weighted by molar-refractivity contribution is -0.138. The first-order chi connectivity index (χ1) is 6.16. The summed E-state index contributed by atoms with van der Waals surface area (Å²) in [5.74, 6) is -1.18. The molecular formula is C10H11BrO2. The molecule has 0 bridgehead atoms. The highest BCUT2D eigenvalue weighted by Gasteiger charge is 2.19. The molecule has 0 amide bonds. The van der Waals surface area contributed by atoms with Gasteiger partial charge in [0.2, 0.25) is 0 Å². The van der Waals surface area contributed by atoms with E-state index in [0.717, 1.165) is 10.0 Å². The maximum atomic E-state index is 10.9. The first-order valence-corrected chi connectivity index (χ1v) is 4.93. The largest absolute Gasteiger partial charge is 0.481 e. The van der Waals surface area contributed by atoms with Gasteiger partial charge in [-0.25, -0.2) is 0 Å². The molecule has 13 heavy (non-hydrogen) atoms. The van der Waals surface area contributed by atoms with Crippen molar-refractivity contribution >= 4 is 21.9 Å². The standard InChI is InChI=1S/C10H11BrO2/c1-2-7(10(12)13)8-5-3-4-6-9(8)11/h3-7H,2H2,1H3,(H,12,13). The molecule has 0 aliphatic carbocycles. The molecule has 1 atom stereocenters. The maximum absolute atomic E-state index is 10.9. The van der Waals surface area contributed by atoms with E-state index in [1.807, 2.05) is 31.2 Å². The molecule has 0 fully saturated rings. The molecule has 0 saturated heterocycles. The molecule has 1 N–H and O–H groups in total. The van der Waals surface area contributed by atoms with Crippen LogP contribution in [0.2, 0.25) is 0 Å². The molecule has 0 radical (unpaired) electrons. The van der Waals surface area contributed by atoms with E-state index < -0.39 is 11.9 Å². The molecule has 1 unspecified atom stereocenters. The molecule has 3 heteroatoms. The van der Waals surface area contributed by atoms with Gasteiger partial charge >= 0.3 is 5.97 Å². The number of aliphatic carboxylic acids is 1. The van der Waals surface area contributed by atoms with Gasteiger partial charge in [0.15, 0.2) is 0 Å². The predicted octanol–water partition coefficient (Wildman–Crippen LogP) is 3.03. The zero-order valence-corrected chi connectivity index (χ0v) is 8.91. The van der Waals surface area contributed by atoms with Crippen LogP contribution >= 0.6 is 15.9 Å². The van der Waals surface area contributed by atoms with Crippen molar-refractivity contribution in [1.29, 1.82) is 0 Å². The average molecular weight is 243 g/mol. The minimum atomic E-state index is -0.769. The Morgan fingerprint density at radius 1 is 1.54 bits per heavy atom. The van der Waals surface area contributed by atoms with E-state index in [2.05, 4.69) is 15.9 Å². The lowest BCUT2D eigenvalue weighted by Gasteiger charge is -2.11. The highest BCUT2D eigenvalue weighted by molar-refractivity contribution is 9.10. The second-order valence-electron chi connectivity index (χ2n) is 2.82. The number of rotatable bonds is 3. The van der Waals surface area contributed by atoms with Crippen LogP contribution in [-0.4, -0.2) is 11.1 Å². The first-order valence-electron chi connectivity index (χ1n) is 4.14. The number of carboxylic acid groups (broad SMARTS) is 1. The summed E-state index contributed by atoms with van der Waals surface area (Å²) in [5, 5.41) is 8.93. The Bertz CT molecular complexity index is 310. The van der Waals surface area contributed by atoms with E-state index in [1.54, 1.807) is 0 Å². The van der Waals surface area contributed by atoms with E-state index in [1.165, 1.54) is 0 Å². The van der Waals surface area contributed by atoms with E-state index in [9.17, 15) is 4.79 Å². The van der Waals surface area contributed by atoms with Gasteiger partial charge in [0, 0.05) is 4.47 Å². The molecule has 1 aromatic rings. The third-order valence-corrected chi connectivity index (χ3v) is 2.71. The normalized spacial score (nSPS) is 12.5. The zero-order chi connectivity index (χ0) is 9.84. The van der Waals surface area contributed by atoms with Crippen LogP contribution in [0.25, 0.3) is 0 Å². The fourth-order valence-corrected chi connectivity index (χ4v) is 1.85. The summed E-state index contributed by atoms with van der Waals surface area (Å²) in [6, 6.07) is 7.43. The van der Waals surface area contributed by atoms with E-state index in [0.29, 0.717) is 6.42 Å². The lowest BCUT2D eigenvalue weighted by atomic mass is 9.97. The number of halogens is 1. The van der Waals surface area contributed by atoms with Crippen molar-refractivity contribution in [1.82, 2.24) is 0 Å². The third kappa shape index (κ3) is 2.31. The summed E-state index contributed by atoms with van der Waals surface area (Å²) in [4.78, 5) is 10.9. The second-order valence-corrected chi connectivity index (χ2v) is 3.67. The van der Waals surface area contributed by atoms with Gasteiger partial charge in [-0.05, 0) is 18.1 Å². The van der Waals surface area contributed by atoms with E-state index in [-0.39, 0.29) is 0 Å². The summed E-state index contributed by atoms with van der Waals surface area (Å²) < 4.78 is 0.865. The van der Waals surface area contributed by atoms with Gasteiger partial charge in [-0.15, -0.1) is 0 Å². The van der Waals surface area contributed by atoms with Crippen LogP contribution in [0, 0.1) is 0 Å². The van der Waals surface area contributed by atoms with Gasteiger partial charge in [-0.2, -0.15) is 0 Å². The Labute approximate surface area is 85.7 Å². The lowest BCUT2D eigenvalue weighted by Crippen LogP contribution is -2.10. The number of carboxylic acids is 1. The fraction of sp³-hybridized carbons (Fsp3) is 0.300. The topological polar surface area (TPSA) is 37.3 Å². The van der Waals surface area contributed by atoms with Gasteiger partial charge in [0.1, 0.15) is 0 Å². The molecule has 0 saturated carbocycles. The molecular weight excluding hydrogens is 232 g/mol. The number of hydrogen-bond acceptors (Lipinski definition) is 1. The molecule has 0 heterocycles. The smallest absolute Gasteiger partial charge is 0.311 e. The minimum absolute atomic E-state index is 0.407. The van der Waals surface area contributed by atoms with Crippen molar-refractivity contribution in [3.8, 4) is 0 Å². The van der Waals surface area contributed by atoms with Crippen molar-refractivity contribution in [2.45, 2.75) is 19.3 Å². The van der Waals surface area contributed by atoms with Crippen LogP contribution < -0.4 is 0 Å². The van der Waals surface area contributed by atoms with Crippen molar-refractivity contribution in [3.63, 3.8) is 0 Å². The Hall–Kier alpha value is -0.830. The van der Waals surface area contributed by atoms with Gasteiger partial charge in [-0.3, -0.25) is 4.79 Å². The Kier molecular flexibility index (Phi) is 3.48. The van der Waals surface area contributed by atoms with Crippen LogP contribution in [0.3, 0.4) is 0 Å². The monoisotopic (exact) mass is 242 g/mol. The zero-order valence-electron chi connectivity index (χ0n) is 7.33. The van der Waals surface area contributed by atoms with Gasteiger partial charge in [0.05, 0.1) is 5.92 Å². The summed E-state index contributed by atoms with van der Waals surface area (Å²) in [7, 11) is 0. The molecule has 1 aromatic carbocycles. The second kappa shape index (κ2) is 4.42. The summed E-state index contributed by atoms with van der Waals surface area (Å²) in [6.45, 7) is 1.87. The van der Waals surface area contributed by atoms with Crippen LogP contribution in [0.4, 0.5) is 0 Å². The highest BCUT2D eigenvalue weighted by atomic mass is 79.9. The highest BCUT2D eigenvalue weighted by Crippen LogP contribution is 2.27. The predicted molar refractivity (Wildman–Crippen MR) is 54.8 cm³/mol. The molecule has 0 spiro atoms. The minimum Gasteiger partial charge on any atom is -0.481 e. The number of carbonyl (C=O) groups is 1. The maximum Gasteiger partial charge on any atom is 0.311 e. The third-order valence-electron chi connectivity index (χ3n) is 1.99. The molecule has 2 nitrogen and oxygen atoms in total. The van der Waals surface area contributed by atoms with Crippen LogP contribution in [-0.2, 0) is 4.79 Å². The summed E-state index contributed by atoms with van der Waals surface area (Å²) >= 11 is 3.34. The number of hydrogen-bond donors (Lipinski definition) is 1. The Morgan fingerprint density at radius 2 is 2.15 bits per heavy atom. The van der Waals surface area contributed by atoms with Crippen LogP contribution in [0.5, 0.6) is 0 Å². The quantitative estimate of drug-likeness (QED) is 0.885. The molecule has 1 rings (SSSR count). The average Bonchev–Trinajstić information content (AvgIpc) is 2.09. The van der Waals surface area contributed by atoms with Crippen molar-refractivity contribution in [2.75, 3.05) is 0 Å². The van der Waals surface area contributed by atoms with E-state index >= 15 is 0 Å². The van der Waals surface area contributed by atoms with Crippen LogP contribution in [0.15, 0.2) is 28.7 Å². The summed E-state index contributed by atoms with van der Waals surface area (Å²) in [5.41, 5.74) is 0.845. The SMILES string of the molecule is CCC(C(=O)O)c1ccccc1Br. The van der Waals surface area contributed by atoms with Crippen molar-refractivity contribution < 1.29 is 9.90 Å². The molecule has 0 aromatic heterocycles. The Balaban J connectivity index is 3.04. The first kappa shape index (κ1) is 10.3. The molecule has 70 valence electrons. The Morgan fingerprint density at radius 3 is 2.62 bits per heavy atom. The van der Waals surface area contributed by atoms with Gasteiger partial charge in [0.25, 0.3) is 0 Å². The van der Waals surface area contributed by atoms with Crippen molar-refractivity contribution in [2.24, 2.45) is 0 Å². The van der Waals surface area contributed by atoms with Crippen molar-refractivity contribution in [3.05, 3.63) is 34.3 Å². The number of benzene rings is 1. The van der Waals surface area contributed by atoms with Gasteiger partial charge in [-0.1, -0.05) is 41.1 Å². The molecule has 0 aliphatic rings. The summed E-state index contributed by atoms with van der Waals surface area (Å²) in [6.07, 6.45) is 0.609. The van der Waals surface area contributed by atoms with Crippen LogP contribution in [0.1, 0.15) is 24.8 Å². The van der Waals surface area contributed by atoms with Gasteiger partial charge < -0.3 is 5.11 Å². The van der Waals surface area contributed by atoms with E-state index in [4.69, 9.17) is 5.11 Å². The fourth-order valence-electron chi connectivity index (χ4n) is 1.29. The molecule has 0 aliphatic heterocycles.